The third-order valence-corrected chi connectivity index (χ3v) is 4.46. The number of aryl methyl sites for hydroxylation is 1. The molecule has 0 radical (unpaired) electrons. The van der Waals surface area contributed by atoms with E-state index in [-0.39, 0.29) is 18.5 Å². The number of carbonyl (C=O) groups is 2. The van der Waals surface area contributed by atoms with E-state index in [1.165, 1.54) is 4.90 Å². The van der Waals surface area contributed by atoms with E-state index in [1.807, 2.05) is 24.3 Å². The molecule has 2 N–H and O–H groups in total. The molecule has 1 aromatic carbocycles. The maximum Gasteiger partial charge on any atom is 0.325 e. The summed E-state index contributed by atoms with van der Waals surface area (Å²) in [5.74, 6) is -0.124. The molecule has 5 heteroatoms. The summed E-state index contributed by atoms with van der Waals surface area (Å²) in [6.07, 6.45) is 3.72. The summed E-state index contributed by atoms with van der Waals surface area (Å²) in [5.41, 5.74) is 1.25. The van der Waals surface area contributed by atoms with Crippen LogP contribution in [0.15, 0.2) is 24.3 Å². The smallest absolute Gasteiger partial charge is 0.325 e. The lowest BCUT2D eigenvalue weighted by Crippen LogP contribution is -2.42. The molecular formula is C16H20N2O3. The number of aliphatic hydroxyl groups excluding tert-OH is 1. The minimum Gasteiger partial charge on any atom is -0.396 e. The summed E-state index contributed by atoms with van der Waals surface area (Å²) in [4.78, 5) is 26.3. The number of carbonyl (C=O) groups excluding carboxylic acids is 2. The number of nitrogens with zero attached hydrogens (tertiary/aromatic N) is 1. The Bertz CT molecular complexity index is 572. The lowest BCUT2D eigenvalue weighted by atomic mass is 9.92. The van der Waals surface area contributed by atoms with Gasteiger partial charge in [-0.2, -0.15) is 0 Å². The van der Waals surface area contributed by atoms with E-state index in [4.69, 9.17) is 5.11 Å². The van der Waals surface area contributed by atoms with Crippen LogP contribution in [0.5, 0.6) is 0 Å². The van der Waals surface area contributed by atoms with Gasteiger partial charge in [0.2, 0.25) is 0 Å². The molecule has 1 aliphatic carbocycles. The number of nitrogens with one attached hydrogen (secondary N) is 1. The van der Waals surface area contributed by atoms with Crippen LogP contribution < -0.4 is 5.32 Å². The molecule has 2 aliphatic rings. The number of rotatable bonds is 5. The molecule has 1 aliphatic heterocycles. The highest BCUT2D eigenvalue weighted by Gasteiger charge is 2.54. The Morgan fingerprint density at radius 3 is 2.81 bits per heavy atom. The molecule has 1 fully saturated rings. The molecule has 1 unspecified atom stereocenters. The van der Waals surface area contributed by atoms with Crippen LogP contribution in [0.4, 0.5) is 4.79 Å². The van der Waals surface area contributed by atoms with Gasteiger partial charge in [0.15, 0.2) is 0 Å². The van der Waals surface area contributed by atoms with Crippen molar-refractivity contribution in [2.75, 3.05) is 13.2 Å². The Morgan fingerprint density at radius 2 is 2.00 bits per heavy atom. The molecule has 0 bridgehead atoms. The minimum atomic E-state index is -0.843. The highest BCUT2D eigenvalue weighted by atomic mass is 16.3. The zero-order chi connectivity index (χ0) is 14.9. The molecule has 112 valence electrons. The number of benzene rings is 1. The summed E-state index contributed by atoms with van der Waals surface area (Å²) in [6, 6.07) is 7.55. The van der Waals surface area contributed by atoms with Crippen LogP contribution in [0.1, 0.15) is 36.8 Å². The highest BCUT2D eigenvalue weighted by Crippen LogP contribution is 2.41. The van der Waals surface area contributed by atoms with Crippen molar-refractivity contribution in [1.82, 2.24) is 10.2 Å². The van der Waals surface area contributed by atoms with Crippen molar-refractivity contribution in [3.63, 3.8) is 0 Å². The highest BCUT2D eigenvalue weighted by molar-refractivity contribution is 6.08. The second-order valence-corrected chi connectivity index (χ2v) is 5.73. The number of imide groups is 1. The van der Waals surface area contributed by atoms with Crippen molar-refractivity contribution in [3.05, 3.63) is 35.4 Å². The lowest BCUT2D eigenvalue weighted by molar-refractivity contribution is -0.131. The van der Waals surface area contributed by atoms with Gasteiger partial charge in [-0.3, -0.25) is 9.69 Å². The van der Waals surface area contributed by atoms with Crippen LogP contribution >= 0.6 is 0 Å². The Morgan fingerprint density at radius 1 is 1.19 bits per heavy atom. The van der Waals surface area contributed by atoms with Crippen molar-refractivity contribution in [1.29, 1.82) is 0 Å². The molecule has 1 saturated heterocycles. The van der Waals surface area contributed by atoms with Crippen molar-refractivity contribution in [2.24, 2.45) is 0 Å². The molecule has 1 heterocycles. The first-order chi connectivity index (χ1) is 10.2. The Hall–Kier alpha value is -1.88. The molecule has 3 rings (SSSR count). The van der Waals surface area contributed by atoms with Crippen LogP contribution in [-0.2, 0) is 16.8 Å². The number of hydrogen-bond acceptors (Lipinski definition) is 3. The van der Waals surface area contributed by atoms with Crippen molar-refractivity contribution < 1.29 is 14.7 Å². The minimum absolute atomic E-state index is 0.124. The number of hydrogen-bond donors (Lipinski definition) is 2. The zero-order valence-electron chi connectivity index (χ0n) is 12.0. The van der Waals surface area contributed by atoms with E-state index in [0.29, 0.717) is 19.4 Å². The maximum atomic E-state index is 12.8. The second-order valence-electron chi connectivity index (χ2n) is 5.73. The molecule has 1 spiro atoms. The van der Waals surface area contributed by atoms with Gasteiger partial charge < -0.3 is 10.4 Å². The van der Waals surface area contributed by atoms with Gasteiger partial charge in [-0.05, 0) is 43.2 Å². The quantitative estimate of drug-likeness (QED) is 0.638. The fraction of sp³-hybridized carbons (Fsp3) is 0.500. The zero-order valence-corrected chi connectivity index (χ0v) is 12.0. The molecule has 21 heavy (non-hydrogen) atoms. The first-order valence-electron chi connectivity index (χ1n) is 7.52. The number of unbranched alkanes of at least 4 members (excludes halogenated alkanes) is 2. The summed E-state index contributed by atoms with van der Waals surface area (Å²) in [6.45, 7) is 0.575. The number of amides is 3. The summed E-state index contributed by atoms with van der Waals surface area (Å²) >= 11 is 0. The van der Waals surface area contributed by atoms with Crippen molar-refractivity contribution in [3.8, 4) is 0 Å². The molecule has 5 nitrogen and oxygen atoms in total. The largest absolute Gasteiger partial charge is 0.396 e. The van der Waals surface area contributed by atoms with Crippen LogP contribution in [0.2, 0.25) is 0 Å². The first-order valence-corrected chi connectivity index (χ1v) is 7.52. The van der Waals surface area contributed by atoms with E-state index >= 15 is 0 Å². The molecule has 0 aromatic heterocycles. The number of aliphatic hydroxyl groups is 1. The average Bonchev–Trinajstić information content (AvgIpc) is 2.97. The average molecular weight is 288 g/mol. The van der Waals surface area contributed by atoms with Crippen LogP contribution in [-0.4, -0.2) is 35.1 Å². The fourth-order valence-corrected chi connectivity index (χ4v) is 3.35. The summed E-state index contributed by atoms with van der Waals surface area (Å²) < 4.78 is 0. The second kappa shape index (κ2) is 5.48. The van der Waals surface area contributed by atoms with Crippen LogP contribution in [0.3, 0.4) is 0 Å². The Kier molecular flexibility index (Phi) is 3.68. The van der Waals surface area contributed by atoms with E-state index in [9.17, 15) is 9.59 Å². The lowest BCUT2D eigenvalue weighted by Gasteiger charge is -2.22. The van der Waals surface area contributed by atoms with Gasteiger partial charge in [0.25, 0.3) is 5.91 Å². The summed E-state index contributed by atoms with van der Waals surface area (Å²) in [7, 11) is 0. The molecule has 3 amide bonds. The third-order valence-electron chi connectivity index (χ3n) is 4.46. The van der Waals surface area contributed by atoms with Gasteiger partial charge in [-0.15, -0.1) is 0 Å². The monoisotopic (exact) mass is 288 g/mol. The molecule has 0 saturated carbocycles. The maximum absolute atomic E-state index is 12.8. The number of fused-ring (bicyclic) bond motifs is 2. The van der Waals surface area contributed by atoms with Gasteiger partial charge in [0, 0.05) is 13.2 Å². The topological polar surface area (TPSA) is 69.6 Å². The molecular weight excluding hydrogens is 268 g/mol. The fourth-order valence-electron chi connectivity index (χ4n) is 3.35. The van der Waals surface area contributed by atoms with Gasteiger partial charge in [-0.25, -0.2) is 4.79 Å². The SMILES string of the molecule is O=C1NC2(CCc3ccccc32)C(=O)N1CCCCCO. The van der Waals surface area contributed by atoms with Gasteiger partial charge in [0.1, 0.15) is 5.54 Å². The normalized spacial score (nSPS) is 23.8. The standard InChI is InChI=1S/C16H20N2O3/c19-11-5-1-4-10-18-14(20)16(17-15(18)21)9-8-12-6-2-3-7-13(12)16/h2-3,6-7,19H,1,4-5,8-11H2,(H,17,21). The molecule has 1 aromatic rings. The Labute approximate surface area is 123 Å². The number of urea groups is 1. The van der Waals surface area contributed by atoms with Gasteiger partial charge in [0.05, 0.1) is 0 Å². The predicted octanol–water partition coefficient (Wildman–Crippen LogP) is 1.54. The molecule has 1 atom stereocenters. The predicted molar refractivity (Wildman–Crippen MR) is 77.6 cm³/mol. The van der Waals surface area contributed by atoms with Crippen LogP contribution in [0, 0.1) is 0 Å². The third kappa shape index (κ3) is 2.21. The Balaban J connectivity index is 1.78. The van der Waals surface area contributed by atoms with Crippen LogP contribution in [0.25, 0.3) is 0 Å². The van der Waals surface area contributed by atoms with Gasteiger partial charge in [-0.1, -0.05) is 24.3 Å². The van der Waals surface area contributed by atoms with E-state index < -0.39 is 5.54 Å². The van der Waals surface area contributed by atoms with E-state index in [1.54, 1.807) is 0 Å². The first kappa shape index (κ1) is 14.1. The summed E-state index contributed by atoms with van der Waals surface area (Å²) in [5, 5.41) is 11.7. The van der Waals surface area contributed by atoms with Crippen molar-refractivity contribution >= 4 is 11.9 Å². The van der Waals surface area contributed by atoms with Crippen molar-refractivity contribution in [2.45, 2.75) is 37.6 Å². The van der Waals surface area contributed by atoms with E-state index in [2.05, 4.69) is 5.32 Å². The van der Waals surface area contributed by atoms with Gasteiger partial charge >= 0.3 is 6.03 Å². The van der Waals surface area contributed by atoms with E-state index in [0.717, 1.165) is 30.4 Å².